The molecule has 0 atom stereocenters. The molecule has 0 unspecified atom stereocenters. The molecule has 0 radical (unpaired) electrons. The Morgan fingerprint density at radius 2 is 1.64 bits per heavy atom. The minimum absolute atomic E-state index is 0.0424. The molecule has 2 aromatic carbocycles. The summed E-state index contributed by atoms with van der Waals surface area (Å²) in [5.74, 6) is -2.59. The number of carbonyl (C=O) groups is 2. The van der Waals surface area contributed by atoms with Gasteiger partial charge in [-0.3, -0.25) is 14.5 Å². The Labute approximate surface area is 145 Å². The van der Waals surface area contributed by atoms with Gasteiger partial charge in [-0.2, -0.15) is 0 Å². The van der Waals surface area contributed by atoms with Crippen LogP contribution in [-0.4, -0.2) is 21.7 Å². The van der Waals surface area contributed by atoms with Crippen molar-refractivity contribution >= 4 is 23.2 Å². The van der Waals surface area contributed by atoms with Crippen LogP contribution in [0.2, 0.25) is 0 Å². The number of carbonyl (C=O) groups excluding carboxylic acids is 2. The Kier molecular flexibility index (Phi) is 3.65. The van der Waals surface area contributed by atoms with Crippen molar-refractivity contribution in [3.8, 4) is 11.3 Å². The van der Waals surface area contributed by atoms with E-state index in [2.05, 4.69) is 4.98 Å². The number of rotatable bonds is 3. The molecule has 0 N–H and O–H groups in total. The highest BCUT2D eigenvalue weighted by atomic mass is 32.1. The monoisotopic (exact) mass is 356 g/mol. The van der Waals surface area contributed by atoms with Crippen LogP contribution in [0.1, 0.15) is 25.7 Å². The highest BCUT2D eigenvalue weighted by molar-refractivity contribution is 7.09. The molecule has 0 saturated carbocycles. The van der Waals surface area contributed by atoms with Gasteiger partial charge in [-0.25, -0.2) is 13.8 Å². The summed E-state index contributed by atoms with van der Waals surface area (Å²) in [7, 11) is 0. The molecule has 25 heavy (non-hydrogen) atoms. The minimum Gasteiger partial charge on any atom is -0.269 e. The van der Waals surface area contributed by atoms with Crippen LogP contribution in [0.3, 0.4) is 0 Å². The van der Waals surface area contributed by atoms with Gasteiger partial charge >= 0.3 is 0 Å². The van der Waals surface area contributed by atoms with Crippen molar-refractivity contribution in [3.63, 3.8) is 0 Å². The van der Waals surface area contributed by atoms with E-state index >= 15 is 0 Å². The summed E-state index contributed by atoms with van der Waals surface area (Å²) >= 11 is 1.25. The van der Waals surface area contributed by atoms with Crippen molar-refractivity contribution in [2.75, 3.05) is 0 Å². The fourth-order valence-corrected chi connectivity index (χ4v) is 3.48. The zero-order valence-electron chi connectivity index (χ0n) is 12.7. The molecule has 4 nitrogen and oxygen atoms in total. The second-order valence-corrected chi connectivity index (χ2v) is 6.44. The molecule has 7 heteroatoms. The van der Waals surface area contributed by atoms with Gasteiger partial charge in [0.2, 0.25) is 0 Å². The van der Waals surface area contributed by atoms with Crippen LogP contribution in [0.5, 0.6) is 0 Å². The molecule has 0 bridgehead atoms. The maximum absolute atomic E-state index is 13.4. The maximum atomic E-state index is 13.4. The third-order valence-electron chi connectivity index (χ3n) is 3.94. The predicted molar refractivity (Wildman–Crippen MR) is 88.1 cm³/mol. The summed E-state index contributed by atoms with van der Waals surface area (Å²) in [5.41, 5.74) is 1.66. The van der Waals surface area contributed by atoms with E-state index in [-0.39, 0.29) is 18.4 Å². The molecular weight excluding hydrogens is 346 g/mol. The van der Waals surface area contributed by atoms with Gasteiger partial charge in [0.15, 0.2) is 11.6 Å². The largest absolute Gasteiger partial charge is 0.269 e. The van der Waals surface area contributed by atoms with Gasteiger partial charge in [0.25, 0.3) is 11.8 Å². The van der Waals surface area contributed by atoms with Gasteiger partial charge in [-0.1, -0.05) is 12.1 Å². The second-order valence-electron chi connectivity index (χ2n) is 5.50. The Hall–Kier alpha value is -2.93. The Morgan fingerprint density at radius 3 is 2.28 bits per heavy atom. The Bertz CT molecular complexity index is 981. The number of hydrogen-bond acceptors (Lipinski definition) is 4. The number of benzene rings is 2. The van der Waals surface area contributed by atoms with Crippen LogP contribution in [-0.2, 0) is 6.54 Å². The fraction of sp³-hybridized carbons (Fsp3) is 0.0556. The van der Waals surface area contributed by atoms with E-state index in [0.717, 1.165) is 17.0 Å². The van der Waals surface area contributed by atoms with Crippen molar-refractivity contribution in [1.29, 1.82) is 0 Å². The van der Waals surface area contributed by atoms with E-state index in [1.54, 1.807) is 29.6 Å². The molecular formula is C18H10F2N2O2S. The lowest BCUT2D eigenvalue weighted by Crippen LogP contribution is -2.29. The molecule has 0 saturated heterocycles. The van der Waals surface area contributed by atoms with Gasteiger partial charge in [0, 0.05) is 10.9 Å². The number of fused-ring (bicyclic) bond motifs is 1. The number of hydrogen-bond donors (Lipinski definition) is 0. The standard InChI is InChI=1S/C18H10F2N2O2S/c19-13-6-5-10(7-14(13)20)15-9-25-16(21-15)8-22-17(23)11-3-1-2-4-12(11)18(22)24/h1-7,9H,8H2. The van der Waals surface area contributed by atoms with Crippen LogP contribution in [0.25, 0.3) is 11.3 Å². The first kappa shape index (κ1) is 15.6. The smallest absolute Gasteiger partial charge is 0.261 e. The van der Waals surface area contributed by atoms with E-state index in [1.165, 1.54) is 17.4 Å². The summed E-state index contributed by atoms with van der Waals surface area (Å²) < 4.78 is 26.4. The summed E-state index contributed by atoms with van der Waals surface area (Å²) in [6, 6.07) is 10.2. The van der Waals surface area contributed by atoms with Gasteiger partial charge in [0.05, 0.1) is 23.4 Å². The third kappa shape index (κ3) is 2.62. The molecule has 3 aromatic rings. The molecule has 2 heterocycles. The number of imide groups is 1. The zero-order valence-corrected chi connectivity index (χ0v) is 13.5. The average molecular weight is 356 g/mol. The first-order chi connectivity index (χ1) is 12.0. The van der Waals surface area contributed by atoms with Crippen molar-refractivity contribution in [2.24, 2.45) is 0 Å². The number of amides is 2. The number of nitrogens with zero attached hydrogens (tertiary/aromatic N) is 2. The minimum atomic E-state index is -0.951. The van der Waals surface area contributed by atoms with Crippen LogP contribution < -0.4 is 0 Å². The predicted octanol–water partition coefficient (Wildman–Crippen LogP) is 3.88. The number of aromatic nitrogens is 1. The van der Waals surface area contributed by atoms with Crippen molar-refractivity contribution in [3.05, 3.63) is 75.6 Å². The summed E-state index contributed by atoms with van der Waals surface area (Å²) in [5, 5.41) is 2.22. The Balaban J connectivity index is 1.59. The van der Waals surface area contributed by atoms with Crippen LogP contribution in [0, 0.1) is 11.6 Å². The second kappa shape index (κ2) is 5.86. The van der Waals surface area contributed by atoms with E-state index in [0.29, 0.717) is 27.4 Å². The van der Waals surface area contributed by atoms with E-state index in [9.17, 15) is 18.4 Å². The zero-order chi connectivity index (χ0) is 17.6. The third-order valence-corrected chi connectivity index (χ3v) is 4.77. The number of thiazole rings is 1. The quantitative estimate of drug-likeness (QED) is 0.669. The first-order valence-electron chi connectivity index (χ1n) is 7.39. The van der Waals surface area contributed by atoms with Crippen molar-refractivity contribution < 1.29 is 18.4 Å². The lowest BCUT2D eigenvalue weighted by molar-refractivity contribution is 0.0642. The molecule has 124 valence electrons. The molecule has 2 amide bonds. The van der Waals surface area contributed by atoms with Gasteiger partial charge < -0.3 is 0 Å². The number of halogens is 2. The Morgan fingerprint density at radius 1 is 0.960 bits per heavy atom. The molecule has 0 aliphatic carbocycles. The molecule has 1 aliphatic heterocycles. The molecule has 1 aliphatic rings. The summed E-state index contributed by atoms with van der Waals surface area (Å²) in [6.07, 6.45) is 0. The van der Waals surface area contributed by atoms with E-state index in [4.69, 9.17) is 0 Å². The highest BCUT2D eigenvalue weighted by Crippen LogP contribution is 2.28. The maximum Gasteiger partial charge on any atom is 0.261 e. The van der Waals surface area contributed by atoms with Gasteiger partial charge in [-0.05, 0) is 30.3 Å². The molecule has 4 rings (SSSR count). The molecule has 1 aromatic heterocycles. The average Bonchev–Trinajstić information content (AvgIpc) is 3.17. The van der Waals surface area contributed by atoms with Crippen LogP contribution >= 0.6 is 11.3 Å². The normalized spacial score (nSPS) is 13.4. The van der Waals surface area contributed by atoms with Crippen molar-refractivity contribution in [2.45, 2.75) is 6.54 Å². The lowest BCUT2D eigenvalue weighted by atomic mass is 10.1. The topological polar surface area (TPSA) is 50.3 Å². The van der Waals surface area contributed by atoms with Crippen LogP contribution in [0.15, 0.2) is 47.8 Å². The van der Waals surface area contributed by atoms with Crippen molar-refractivity contribution in [1.82, 2.24) is 9.88 Å². The van der Waals surface area contributed by atoms with E-state index in [1.807, 2.05) is 0 Å². The molecule has 0 spiro atoms. The molecule has 0 fully saturated rings. The first-order valence-corrected chi connectivity index (χ1v) is 8.27. The van der Waals surface area contributed by atoms with Gasteiger partial charge in [0.1, 0.15) is 5.01 Å². The van der Waals surface area contributed by atoms with E-state index < -0.39 is 11.6 Å². The fourth-order valence-electron chi connectivity index (χ4n) is 2.69. The summed E-state index contributed by atoms with van der Waals surface area (Å²) in [4.78, 5) is 30.2. The highest BCUT2D eigenvalue weighted by Gasteiger charge is 2.35. The van der Waals surface area contributed by atoms with Crippen LogP contribution in [0.4, 0.5) is 8.78 Å². The van der Waals surface area contributed by atoms with Gasteiger partial charge in [-0.15, -0.1) is 11.3 Å². The SMILES string of the molecule is O=C1c2ccccc2C(=O)N1Cc1nc(-c2ccc(F)c(F)c2)cs1. The summed E-state index contributed by atoms with van der Waals surface area (Å²) in [6.45, 7) is 0.0424. The lowest BCUT2D eigenvalue weighted by Gasteiger charge is -2.11.